The minimum absolute atomic E-state index is 0.290. The number of ether oxygens (including phenoxy) is 2. The van der Waals surface area contributed by atoms with Gasteiger partial charge in [0.05, 0.1) is 13.2 Å². The number of hydrogen-bond donors (Lipinski definition) is 2. The van der Waals surface area contributed by atoms with E-state index < -0.39 is 11.1 Å². The van der Waals surface area contributed by atoms with Crippen LogP contribution in [0.4, 0.5) is 0 Å². The standard InChI is InChI=1S/C10H12Cl2O4/c11-9(5-13)15-7-2-1-3-8(4-7)16-10(12)6-14/h1-4,9-10,13-14H,5-6H2. The summed E-state index contributed by atoms with van der Waals surface area (Å²) in [6.45, 7) is -0.581. The zero-order valence-electron chi connectivity index (χ0n) is 8.35. The van der Waals surface area contributed by atoms with Crippen LogP contribution in [0.3, 0.4) is 0 Å². The third-order valence-electron chi connectivity index (χ3n) is 1.62. The summed E-state index contributed by atoms with van der Waals surface area (Å²) >= 11 is 11.2. The molecule has 0 fully saturated rings. The fourth-order valence-corrected chi connectivity index (χ4v) is 1.20. The van der Waals surface area contributed by atoms with Crippen LogP contribution in [0.2, 0.25) is 0 Å². The summed E-state index contributed by atoms with van der Waals surface area (Å²) in [4.78, 5) is 0. The number of halogens is 2. The summed E-state index contributed by atoms with van der Waals surface area (Å²) in [7, 11) is 0. The Morgan fingerprint density at radius 2 is 1.44 bits per heavy atom. The molecule has 16 heavy (non-hydrogen) atoms. The van der Waals surface area contributed by atoms with Gasteiger partial charge in [0.15, 0.2) is 11.1 Å². The molecule has 0 bridgehead atoms. The highest BCUT2D eigenvalue weighted by molar-refractivity contribution is 6.20. The van der Waals surface area contributed by atoms with Gasteiger partial charge in [0, 0.05) is 6.07 Å². The maximum Gasteiger partial charge on any atom is 0.195 e. The second-order valence-corrected chi connectivity index (χ2v) is 3.87. The third-order valence-corrected chi connectivity index (χ3v) is 2.07. The molecule has 4 nitrogen and oxygen atoms in total. The van der Waals surface area contributed by atoms with Crippen molar-refractivity contribution in [3.05, 3.63) is 24.3 Å². The average Bonchev–Trinajstić information content (AvgIpc) is 2.29. The van der Waals surface area contributed by atoms with Crippen molar-refractivity contribution in [1.29, 1.82) is 0 Å². The second kappa shape index (κ2) is 6.81. The highest BCUT2D eigenvalue weighted by atomic mass is 35.5. The van der Waals surface area contributed by atoms with Gasteiger partial charge in [-0.2, -0.15) is 0 Å². The number of aliphatic hydroxyl groups excluding tert-OH is 2. The first-order chi connectivity index (χ1) is 7.65. The van der Waals surface area contributed by atoms with Crippen LogP contribution in [0.1, 0.15) is 0 Å². The SMILES string of the molecule is OCC(Cl)Oc1cccc(OC(Cl)CO)c1. The van der Waals surface area contributed by atoms with E-state index in [1.807, 2.05) is 0 Å². The van der Waals surface area contributed by atoms with Crippen molar-refractivity contribution < 1.29 is 19.7 Å². The fraction of sp³-hybridized carbons (Fsp3) is 0.400. The number of rotatable bonds is 6. The van der Waals surface area contributed by atoms with Gasteiger partial charge in [-0.25, -0.2) is 0 Å². The van der Waals surface area contributed by atoms with Crippen LogP contribution in [-0.4, -0.2) is 34.6 Å². The maximum atomic E-state index is 8.71. The topological polar surface area (TPSA) is 58.9 Å². The van der Waals surface area contributed by atoms with Gasteiger partial charge in [0.25, 0.3) is 0 Å². The van der Waals surface area contributed by atoms with Crippen LogP contribution in [0, 0.1) is 0 Å². The molecule has 0 radical (unpaired) electrons. The van der Waals surface area contributed by atoms with Crippen LogP contribution in [0.15, 0.2) is 24.3 Å². The Labute approximate surface area is 103 Å². The van der Waals surface area contributed by atoms with E-state index in [4.69, 9.17) is 42.9 Å². The van der Waals surface area contributed by atoms with Crippen LogP contribution >= 0.6 is 23.2 Å². The number of aliphatic hydroxyl groups is 2. The quantitative estimate of drug-likeness (QED) is 0.768. The molecular weight excluding hydrogens is 255 g/mol. The second-order valence-electron chi connectivity index (χ2n) is 2.90. The van der Waals surface area contributed by atoms with Gasteiger partial charge in [0.2, 0.25) is 0 Å². The molecule has 0 spiro atoms. The summed E-state index contributed by atoms with van der Waals surface area (Å²) in [5.74, 6) is 0.904. The van der Waals surface area contributed by atoms with Gasteiger partial charge in [-0.05, 0) is 12.1 Å². The Morgan fingerprint density at radius 3 is 1.81 bits per heavy atom. The van der Waals surface area contributed by atoms with Gasteiger partial charge in [0.1, 0.15) is 11.5 Å². The van der Waals surface area contributed by atoms with Crippen LogP contribution in [0.5, 0.6) is 11.5 Å². The third kappa shape index (κ3) is 4.45. The van der Waals surface area contributed by atoms with E-state index in [1.165, 1.54) is 0 Å². The molecule has 2 N–H and O–H groups in total. The summed E-state index contributed by atoms with van der Waals surface area (Å²) in [5, 5.41) is 17.4. The largest absolute Gasteiger partial charge is 0.472 e. The van der Waals surface area contributed by atoms with Gasteiger partial charge in [-0.15, -0.1) is 0 Å². The summed E-state index contributed by atoms with van der Waals surface area (Å²) < 4.78 is 10.3. The van der Waals surface area contributed by atoms with Crippen LogP contribution in [-0.2, 0) is 0 Å². The van der Waals surface area contributed by atoms with E-state index in [0.29, 0.717) is 11.5 Å². The maximum absolute atomic E-state index is 8.71. The predicted molar refractivity (Wildman–Crippen MR) is 61.2 cm³/mol. The van der Waals surface area contributed by atoms with E-state index in [0.717, 1.165) is 0 Å². The molecule has 0 aliphatic carbocycles. The lowest BCUT2D eigenvalue weighted by Gasteiger charge is -2.13. The van der Waals surface area contributed by atoms with Gasteiger partial charge in [-0.1, -0.05) is 29.3 Å². The minimum Gasteiger partial charge on any atom is -0.472 e. The first-order valence-electron chi connectivity index (χ1n) is 4.59. The zero-order chi connectivity index (χ0) is 12.0. The highest BCUT2D eigenvalue weighted by Crippen LogP contribution is 2.22. The normalized spacial score (nSPS) is 14.2. The van der Waals surface area contributed by atoms with Crippen molar-refractivity contribution >= 4 is 23.2 Å². The Morgan fingerprint density at radius 1 is 1.00 bits per heavy atom. The first kappa shape index (κ1) is 13.4. The lowest BCUT2D eigenvalue weighted by molar-refractivity contribution is 0.165. The molecule has 1 rings (SSSR count). The van der Waals surface area contributed by atoms with E-state index in [2.05, 4.69) is 0 Å². The molecule has 2 atom stereocenters. The van der Waals surface area contributed by atoms with Crippen molar-refractivity contribution in [2.75, 3.05) is 13.2 Å². The molecule has 1 aromatic rings. The first-order valence-corrected chi connectivity index (χ1v) is 5.46. The van der Waals surface area contributed by atoms with Gasteiger partial charge >= 0.3 is 0 Å². The van der Waals surface area contributed by atoms with E-state index in [1.54, 1.807) is 24.3 Å². The molecule has 1 aromatic carbocycles. The molecule has 0 amide bonds. The Kier molecular flexibility index (Phi) is 5.69. The van der Waals surface area contributed by atoms with Crippen molar-refractivity contribution in [2.24, 2.45) is 0 Å². The van der Waals surface area contributed by atoms with Gasteiger partial charge < -0.3 is 19.7 Å². The minimum atomic E-state index is -0.806. The molecule has 2 unspecified atom stereocenters. The highest BCUT2D eigenvalue weighted by Gasteiger charge is 2.07. The van der Waals surface area contributed by atoms with E-state index >= 15 is 0 Å². The Bertz CT molecular complexity index is 294. The molecule has 0 saturated heterocycles. The number of alkyl halides is 2. The van der Waals surface area contributed by atoms with Crippen molar-refractivity contribution in [3.63, 3.8) is 0 Å². The van der Waals surface area contributed by atoms with Gasteiger partial charge in [-0.3, -0.25) is 0 Å². The number of benzene rings is 1. The number of hydrogen-bond acceptors (Lipinski definition) is 4. The molecule has 0 aliphatic heterocycles. The van der Waals surface area contributed by atoms with Crippen LogP contribution in [0.25, 0.3) is 0 Å². The van der Waals surface area contributed by atoms with Crippen LogP contribution < -0.4 is 9.47 Å². The predicted octanol–water partition coefficient (Wildman–Crippen LogP) is 1.56. The Hall–Kier alpha value is -0.680. The molecule has 90 valence electrons. The summed E-state index contributed by atoms with van der Waals surface area (Å²) in [5.41, 5.74) is -1.61. The molecule has 0 saturated carbocycles. The summed E-state index contributed by atoms with van der Waals surface area (Å²) in [6, 6.07) is 6.59. The Balaban J connectivity index is 2.63. The summed E-state index contributed by atoms with van der Waals surface area (Å²) in [6.07, 6.45) is 0. The molecule has 6 heteroatoms. The van der Waals surface area contributed by atoms with Crippen molar-refractivity contribution in [1.82, 2.24) is 0 Å². The molecule has 0 aliphatic rings. The zero-order valence-corrected chi connectivity index (χ0v) is 9.86. The van der Waals surface area contributed by atoms with Crippen molar-refractivity contribution in [2.45, 2.75) is 11.1 Å². The molecule has 0 aromatic heterocycles. The lowest BCUT2D eigenvalue weighted by Crippen LogP contribution is -2.14. The average molecular weight is 267 g/mol. The van der Waals surface area contributed by atoms with Crippen molar-refractivity contribution in [3.8, 4) is 11.5 Å². The fourth-order valence-electron chi connectivity index (χ4n) is 0.991. The molecule has 0 heterocycles. The monoisotopic (exact) mass is 266 g/mol. The smallest absolute Gasteiger partial charge is 0.195 e. The van der Waals surface area contributed by atoms with E-state index in [-0.39, 0.29) is 13.2 Å². The van der Waals surface area contributed by atoms with E-state index in [9.17, 15) is 0 Å². The molecular formula is C10H12Cl2O4. The lowest BCUT2D eigenvalue weighted by atomic mass is 10.3.